The molecule has 8 heteroatoms. The summed E-state index contributed by atoms with van der Waals surface area (Å²) in [5, 5.41) is 0.369. The van der Waals surface area contributed by atoms with E-state index in [-0.39, 0.29) is 12.4 Å². The van der Waals surface area contributed by atoms with Gasteiger partial charge in [-0.15, -0.1) is 0 Å². The van der Waals surface area contributed by atoms with Crippen LogP contribution >= 0.6 is 11.8 Å². The molecule has 3 nitrogen and oxygen atoms in total. The molecule has 0 spiro atoms. The number of hydrogen-bond acceptors (Lipinski definition) is 4. The zero-order valence-corrected chi connectivity index (χ0v) is 14.5. The number of rotatable bonds is 7. The lowest BCUT2D eigenvalue weighted by Crippen LogP contribution is -2.35. The van der Waals surface area contributed by atoms with Crippen LogP contribution in [0.5, 0.6) is 0 Å². The van der Waals surface area contributed by atoms with Crippen molar-refractivity contribution in [3.05, 3.63) is 12.2 Å². The van der Waals surface area contributed by atoms with Crippen molar-refractivity contribution in [3.8, 4) is 0 Å². The first-order chi connectivity index (χ1) is 11.4. The van der Waals surface area contributed by atoms with E-state index in [1.165, 1.54) is 0 Å². The molecule has 0 radical (unpaired) electrons. The largest absolute Gasteiger partial charge is 0.372 e. The molecule has 0 amide bonds. The molecule has 0 atom stereocenters. The lowest BCUT2D eigenvalue weighted by atomic mass is 9.87. The Hall–Kier alpha value is -0.310. The smallest absolute Gasteiger partial charge is 0.330 e. The van der Waals surface area contributed by atoms with Gasteiger partial charge < -0.3 is 14.2 Å². The Morgan fingerprint density at radius 2 is 1.75 bits per heavy atom. The van der Waals surface area contributed by atoms with E-state index in [0.717, 1.165) is 12.8 Å². The third-order valence-corrected chi connectivity index (χ3v) is 5.25. The van der Waals surface area contributed by atoms with Gasteiger partial charge in [-0.05, 0) is 43.9 Å². The Labute approximate surface area is 144 Å². The van der Waals surface area contributed by atoms with Gasteiger partial charge in [-0.2, -0.15) is 20.5 Å². The summed E-state index contributed by atoms with van der Waals surface area (Å²) in [5.41, 5.74) is 0. The topological polar surface area (TPSA) is 27.7 Å². The summed E-state index contributed by atoms with van der Waals surface area (Å²) in [6.45, 7) is 0.112. The quantitative estimate of drug-likeness (QED) is 0.496. The fourth-order valence-corrected chi connectivity index (χ4v) is 3.16. The first kappa shape index (κ1) is 20.0. The van der Waals surface area contributed by atoms with Gasteiger partial charge in [-0.3, -0.25) is 0 Å². The molecule has 0 bridgehead atoms. The average molecular weight is 372 g/mol. The summed E-state index contributed by atoms with van der Waals surface area (Å²) in [6, 6.07) is 0. The minimum Gasteiger partial charge on any atom is -0.372 e. The van der Waals surface area contributed by atoms with Gasteiger partial charge >= 0.3 is 12.3 Å². The first-order valence-corrected chi connectivity index (χ1v) is 9.41. The molecule has 1 aliphatic carbocycles. The SMILES string of the molecule is CSC1COC(/C=C/C2CCC(OCC(F)(F)C(F)F)CC2)OC1. The minimum atomic E-state index is -4.07. The Kier molecular flexibility index (Phi) is 7.84. The molecule has 1 aliphatic heterocycles. The molecule has 0 aromatic heterocycles. The fourth-order valence-electron chi connectivity index (χ4n) is 2.74. The molecular weight excluding hydrogens is 348 g/mol. The predicted octanol–water partition coefficient (Wildman–Crippen LogP) is 4.12. The van der Waals surface area contributed by atoms with Crippen LogP contribution in [0, 0.1) is 5.92 Å². The third kappa shape index (κ3) is 6.20. The lowest BCUT2D eigenvalue weighted by molar-refractivity contribution is -0.178. The highest BCUT2D eigenvalue weighted by Gasteiger charge is 2.41. The van der Waals surface area contributed by atoms with Crippen LogP contribution in [-0.4, -0.2) is 56.1 Å². The molecule has 0 N–H and O–H groups in total. The molecule has 1 saturated heterocycles. The van der Waals surface area contributed by atoms with Gasteiger partial charge in [-0.1, -0.05) is 6.08 Å². The molecule has 2 aliphatic rings. The van der Waals surface area contributed by atoms with Gasteiger partial charge in [0.1, 0.15) is 6.61 Å². The summed E-state index contributed by atoms with van der Waals surface area (Å²) in [6.07, 6.45) is 4.31. The van der Waals surface area contributed by atoms with Gasteiger partial charge in [0.25, 0.3) is 0 Å². The van der Waals surface area contributed by atoms with E-state index in [1.54, 1.807) is 11.8 Å². The maximum atomic E-state index is 12.8. The monoisotopic (exact) mass is 372 g/mol. The van der Waals surface area contributed by atoms with Crippen molar-refractivity contribution in [2.45, 2.75) is 55.7 Å². The zero-order chi connectivity index (χ0) is 17.6. The molecule has 140 valence electrons. The highest BCUT2D eigenvalue weighted by atomic mass is 32.2. The second-order valence-electron chi connectivity index (χ2n) is 6.19. The molecule has 2 fully saturated rings. The van der Waals surface area contributed by atoms with Crippen molar-refractivity contribution < 1.29 is 31.8 Å². The van der Waals surface area contributed by atoms with Crippen LogP contribution in [0.15, 0.2) is 12.2 Å². The second-order valence-corrected chi connectivity index (χ2v) is 7.33. The average Bonchev–Trinajstić information content (AvgIpc) is 2.59. The number of halogens is 4. The number of alkyl halides is 4. The molecule has 2 rings (SSSR count). The van der Waals surface area contributed by atoms with Crippen LogP contribution in [-0.2, 0) is 14.2 Å². The van der Waals surface area contributed by atoms with Crippen molar-refractivity contribution in [2.75, 3.05) is 26.1 Å². The van der Waals surface area contributed by atoms with E-state index in [2.05, 4.69) is 0 Å². The number of thioether (sulfide) groups is 1. The van der Waals surface area contributed by atoms with Crippen LogP contribution in [0.1, 0.15) is 25.7 Å². The highest BCUT2D eigenvalue weighted by molar-refractivity contribution is 7.99. The first-order valence-electron chi connectivity index (χ1n) is 8.12. The number of allylic oxidation sites excluding steroid dienone is 1. The standard InChI is InChI=1S/C16H24F4O3S/c1-24-13-8-21-14(22-9-13)7-4-11-2-5-12(6-3-11)23-10-16(19,20)15(17)18/h4,7,11-15H,2-3,5-6,8-10H2,1H3/b7-4+. The summed E-state index contributed by atoms with van der Waals surface area (Å²) < 4.78 is 66.0. The van der Waals surface area contributed by atoms with Gasteiger partial charge in [0.2, 0.25) is 0 Å². The molecular formula is C16H24F4O3S. The van der Waals surface area contributed by atoms with Gasteiger partial charge in [-0.25, -0.2) is 8.78 Å². The molecule has 0 aromatic rings. The van der Waals surface area contributed by atoms with E-state index >= 15 is 0 Å². The maximum Gasteiger partial charge on any atom is 0.330 e. The minimum absolute atomic E-state index is 0.311. The van der Waals surface area contributed by atoms with E-state index < -0.39 is 19.0 Å². The van der Waals surface area contributed by atoms with Crippen molar-refractivity contribution in [3.63, 3.8) is 0 Å². The summed E-state index contributed by atoms with van der Waals surface area (Å²) >= 11 is 1.71. The fraction of sp³-hybridized carbons (Fsp3) is 0.875. The number of hydrogen-bond donors (Lipinski definition) is 0. The second kappa shape index (κ2) is 9.40. The Bertz CT molecular complexity index is 393. The van der Waals surface area contributed by atoms with Crippen LogP contribution in [0.3, 0.4) is 0 Å². The van der Waals surface area contributed by atoms with Crippen molar-refractivity contribution >= 4 is 11.8 Å². The summed E-state index contributed by atoms with van der Waals surface area (Å²) in [4.78, 5) is 0. The summed E-state index contributed by atoms with van der Waals surface area (Å²) in [7, 11) is 0. The van der Waals surface area contributed by atoms with Gasteiger partial charge in [0, 0.05) is 0 Å². The maximum absolute atomic E-state index is 12.8. The Morgan fingerprint density at radius 3 is 2.29 bits per heavy atom. The van der Waals surface area contributed by atoms with E-state index in [0.29, 0.717) is 37.2 Å². The normalized spacial score (nSPS) is 32.6. The highest BCUT2D eigenvalue weighted by Crippen LogP contribution is 2.30. The van der Waals surface area contributed by atoms with Crippen LogP contribution < -0.4 is 0 Å². The van der Waals surface area contributed by atoms with E-state index in [1.807, 2.05) is 18.4 Å². The Balaban J connectivity index is 1.65. The van der Waals surface area contributed by atoms with Crippen molar-refractivity contribution in [2.24, 2.45) is 5.92 Å². The molecule has 0 unspecified atom stereocenters. The van der Waals surface area contributed by atoms with Crippen LogP contribution in [0.4, 0.5) is 17.6 Å². The molecule has 1 saturated carbocycles. The van der Waals surface area contributed by atoms with E-state index in [9.17, 15) is 17.6 Å². The van der Waals surface area contributed by atoms with Crippen LogP contribution in [0.2, 0.25) is 0 Å². The predicted molar refractivity (Wildman–Crippen MR) is 84.8 cm³/mol. The summed E-state index contributed by atoms with van der Waals surface area (Å²) in [5.74, 6) is -3.76. The molecule has 1 heterocycles. The van der Waals surface area contributed by atoms with Gasteiger partial charge in [0.15, 0.2) is 6.29 Å². The lowest BCUT2D eigenvalue weighted by Gasteiger charge is -2.29. The zero-order valence-electron chi connectivity index (χ0n) is 13.6. The van der Waals surface area contributed by atoms with Crippen molar-refractivity contribution in [1.82, 2.24) is 0 Å². The van der Waals surface area contributed by atoms with E-state index in [4.69, 9.17) is 14.2 Å². The number of ether oxygens (including phenoxy) is 3. The third-order valence-electron chi connectivity index (χ3n) is 4.32. The van der Waals surface area contributed by atoms with Gasteiger partial charge in [0.05, 0.1) is 24.6 Å². The molecule has 24 heavy (non-hydrogen) atoms. The molecule has 0 aromatic carbocycles. The van der Waals surface area contributed by atoms with Crippen molar-refractivity contribution in [1.29, 1.82) is 0 Å². The van der Waals surface area contributed by atoms with Crippen LogP contribution in [0.25, 0.3) is 0 Å². The Morgan fingerprint density at radius 1 is 1.12 bits per heavy atom.